The van der Waals surface area contributed by atoms with Crippen molar-refractivity contribution in [3.8, 4) is 0 Å². The maximum Gasteiger partial charge on any atom is 0.320 e. The summed E-state index contributed by atoms with van der Waals surface area (Å²) in [6.45, 7) is 13.5. The number of ether oxygens (including phenoxy) is 3. The highest BCUT2D eigenvalue weighted by Gasteiger charge is 2.56. The summed E-state index contributed by atoms with van der Waals surface area (Å²) in [6.07, 6.45) is -0.762. The van der Waals surface area contributed by atoms with Gasteiger partial charge in [-0.25, -0.2) is 0 Å². The summed E-state index contributed by atoms with van der Waals surface area (Å²) in [5.41, 5.74) is -0.416. The number of carbonyl (C=O) groups excluding carboxylic acids is 3. The molecule has 2 fully saturated rings. The Morgan fingerprint density at radius 1 is 1.11 bits per heavy atom. The first-order chi connectivity index (χ1) is 21.7. The van der Waals surface area contributed by atoms with Gasteiger partial charge in [0.15, 0.2) is 6.29 Å². The van der Waals surface area contributed by atoms with E-state index in [0.717, 1.165) is 6.42 Å². The highest BCUT2D eigenvalue weighted by Crippen LogP contribution is 2.47. The molecule has 10 atom stereocenters. The zero-order chi connectivity index (χ0) is 33.9. The number of hydrogen-bond acceptors (Lipinski definition) is 9. The largest absolute Gasteiger partial charge is 0.460 e. The van der Waals surface area contributed by atoms with E-state index in [1.807, 2.05) is 53.6 Å². The monoisotopic (exact) mass is 644 g/mol. The van der Waals surface area contributed by atoms with Gasteiger partial charge in [-0.3, -0.25) is 19.3 Å². The summed E-state index contributed by atoms with van der Waals surface area (Å²) in [4.78, 5) is 46.4. The van der Waals surface area contributed by atoms with Crippen molar-refractivity contribution in [1.29, 1.82) is 0 Å². The van der Waals surface area contributed by atoms with Gasteiger partial charge in [-0.05, 0) is 77.5 Å². The molecule has 0 unspecified atom stereocenters. The van der Waals surface area contributed by atoms with E-state index in [1.54, 1.807) is 43.1 Å². The van der Waals surface area contributed by atoms with Gasteiger partial charge in [0.1, 0.15) is 6.10 Å². The first kappa shape index (κ1) is 36.3. The van der Waals surface area contributed by atoms with Crippen molar-refractivity contribution in [2.75, 3.05) is 52.6 Å². The number of nitrogens with zero attached hydrogens (tertiary/aromatic N) is 3. The number of hydrogen-bond donors (Lipinski definition) is 2. The predicted molar refractivity (Wildman–Crippen MR) is 176 cm³/mol. The van der Waals surface area contributed by atoms with Crippen molar-refractivity contribution in [2.45, 2.75) is 97.0 Å². The molecular weight excluding hydrogens is 588 g/mol. The minimum absolute atomic E-state index is 0.0432. The lowest BCUT2D eigenvalue weighted by Gasteiger charge is -2.55. The van der Waals surface area contributed by atoms with Crippen LogP contribution in [0.15, 0.2) is 24.3 Å². The second-order valence-electron chi connectivity index (χ2n) is 14.2. The Hall–Kier alpha value is -2.57. The van der Waals surface area contributed by atoms with E-state index in [-0.39, 0.29) is 42.3 Å². The quantitative estimate of drug-likeness (QED) is 0.449. The van der Waals surface area contributed by atoms with Crippen molar-refractivity contribution >= 4 is 23.5 Å². The number of carbonyl (C=O) groups is 3. The van der Waals surface area contributed by atoms with Crippen molar-refractivity contribution < 1.29 is 33.7 Å². The van der Waals surface area contributed by atoms with Crippen LogP contribution in [0.1, 0.15) is 71.2 Å². The molecular formula is C35H56N4O7. The molecule has 11 nitrogen and oxygen atoms in total. The third-order valence-corrected chi connectivity index (χ3v) is 10.3. The van der Waals surface area contributed by atoms with Crippen LogP contribution in [0.4, 0.5) is 5.69 Å². The van der Waals surface area contributed by atoms with Crippen LogP contribution in [-0.4, -0.2) is 121 Å². The van der Waals surface area contributed by atoms with Crippen molar-refractivity contribution in [1.82, 2.24) is 14.7 Å². The molecule has 3 aliphatic rings. The normalized spacial score (nSPS) is 35.9. The van der Waals surface area contributed by atoms with Crippen molar-refractivity contribution in [3.63, 3.8) is 0 Å². The fraction of sp³-hybridized carbons (Fsp3) is 0.743. The molecule has 0 spiro atoms. The van der Waals surface area contributed by atoms with Gasteiger partial charge in [-0.2, -0.15) is 0 Å². The highest BCUT2D eigenvalue weighted by molar-refractivity contribution is 5.97. The van der Waals surface area contributed by atoms with E-state index in [2.05, 4.69) is 10.2 Å². The molecule has 258 valence electrons. The Morgan fingerprint density at radius 2 is 1.80 bits per heavy atom. The fourth-order valence-electron chi connectivity index (χ4n) is 7.88. The predicted octanol–water partition coefficient (Wildman–Crippen LogP) is 3.46. The molecule has 2 saturated heterocycles. The Labute approximate surface area is 274 Å². The molecule has 0 radical (unpaired) electrons. The van der Waals surface area contributed by atoms with Gasteiger partial charge in [0.05, 0.1) is 30.3 Å². The third kappa shape index (κ3) is 8.10. The Kier molecular flexibility index (Phi) is 11.9. The number of rotatable bonds is 6. The molecule has 0 aliphatic carbocycles. The second-order valence-corrected chi connectivity index (χ2v) is 14.2. The van der Waals surface area contributed by atoms with E-state index >= 15 is 0 Å². The van der Waals surface area contributed by atoms with Gasteiger partial charge in [0, 0.05) is 42.7 Å². The van der Waals surface area contributed by atoms with Gasteiger partial charge < -0.3 is 34.4 Å². The Balaban J connectivity index is 1.78. The zero-order valence-electron chi connectivity index (χ0n) is 29.2. The average molecular weight is 645 g/mol. The van der Waals surface area contributed by atoms with Crippen LogP contribution in [0.5, 0.6) is 0 Å². The van der Waals surface area contributed by atoms with Gasteiger partial charge in [-0.15, -0.1) is 0 Å². The number of esters is 1. The maximum atomic E-state index is 13.8. The molecule has 3 aliphatic heterocycles. The van der Waals surface area contributed by atoms with Crippen LogP contribution in [0.2, 0.25) is 0 Å². The van der Waals surface area contributed by atoms with Gasteiger partial charge >= 0.3 is 5.97 Å². The smallest absolute Gasteiger partial charge is 0.320 e. The number of fused-ring (bicyclic) bond motifs is 4. The third-order valence-electron chi connectivity index (χ3n) is 10.3. The number of aliphatic hydroxyl groups is 1. The fourth-order valence-corrected chi connectivity index (χ4v) is 7.88. The first-order valence-electron chi connectivity index (χ1n) is 16.9. The Bertz CT molecular complexity index is 1230. The van der Waals surface area contributed by atoms with E-state index < -0.39 is 41.9 Å². The van der Waals surface area contributed by atoms with Crippen LogP contribution in [-0.2, 0) is 23.8 Å². The summed E-state index contributed by atoms with van der Waals surface area (Å²) in [7, 11) is 5.84. The minimum atomic E-state index is -1.35. The average Bonchev–Trinajstić information content (AvgIpc) is 3.00. The van der Waals surface area contributed by atoms with Crippen LogP contribution >= 0.6 is 0 Å². The number of likely N-dealkylation sites (N-methyl/N-ethyl adjacent to an activating group) is 1. The standard InChI is InChI=1S/C35H56N4O7/c1-10-39(11-2)20-29(40)45-30-23(5)31-35(43,18-27-28(37(7)8)15-22(4)44-34(27)46-31)17-21(3)19-38(9)33(42)25-13-12-14-26(16-25)36-32(41)24(30)6/h12-14,16,21-24,27-28,30-31,34,43H,10-11,15,17-20H2,1-9H3,(H,36,41)/t21-,22-,23+,24-,27-,28+,30+,31-,34+,35+/m1/s1. The van der Waals surface area contributed by atoms with Gasteiger partial charge in [0.2, 0.25) is 5.91 Å². The van der Waals surface area contributed by atoms with Crippen LogP contribution in [0, 0.1) is 23.7 Å². The molecule has 11 heteroatoms. The molecule has 4 rings (SSSR count). The summed E-state index contributed by atoms with van der Waals surface area (Å²) >= 11 is 0. The lowest BCUT2D eigenvalue weighted by atomic mass is 9.69. The summed E-state index contributed by atoms with van der Waals surface area (Å²) < 4.78 is 19.3. The van der Waals surface area contributed by atoms with Gasteiger partial charge in [-0.1, -0.05) is 40.7 Å². The summed E-state index contributed by atoms with van der Waals surface area (Å²) in [5.74, 6) is -2.54. The molecule has 1 aromatic carbocycles. The topological polar surface area (TPSA) is 121 Å². The van der Waals surface area contributed by atoms with Crippen molar-refractivity contribution in [3.05, 3.63) is 29.8 Å². The molecule has 2 N–H and O–H groups in total. The molecule has 0 saturated carbocycles. The first-order valence-corrected chi connectivity index (χ1v) is 16.9. The van der Waals surface area contributed by atoms with Crippen LogP contribution in [0.25, 0.3) is 0 Å². The highest BCUT2D eigenvalue weighted by atomic mass is 16.7. The van der Waals surface area contributed by atoms with E-state index in [0.29, 0.717) is 43.7 Å². The van der Waals surface area contributed by atoms with Crippen LogP contribution in [0.3, 0.4) is 0 Å². The second kappa shape index (κ2) is 15.1. The molecule has 0 aromatic heterocycles. The maximum absolute atomic E-state index is 13.8. The molecule has 1 aromatic rings. The molecule has 3 heterocycles. The minimum Gasteiger partial charge on any atom is -0.460 e. The summed E-state index contributed by atoms with van der Waals surface area (Å²) in [5, 5.41) is 15.7. The SMILES string of the molecule is CCN(CC)CC(=O)O[C@H]1[C@H](C)[C@H]2O[C@@H]3O[C@H](C)C[C@H](N(C)C)[C@H]3C[C@@]2(O)C[C@@H](C)CN(C)C(=O)c2cccc(c2)NC(=O)[C@@H]1C. The Morgan fingerprint density at radius 3 is 2.46 bits per heavy atom. The number of amides is 2. The number of anilines is 1. The lowest BCUT2D eigenvalue weighted by molar-refractivity contribution is -0.328. The number of nitrogens with one attached hydrogen (secondary N) is 1. The molecule has 46 heavy (non-hydrogen) atoms. The van der Waals surface area contributed by atoms with E-state index in [1.165, 1.54) is 0 Å². The summed E-state index contributed by atoms with van der Waals surface area (Å²) in [6, 6.07) is 6.99. The van der Waals surface area contributed by atoms with Crippen molar-refractivity contribution in [2.24, 2.45) is 23.7 Å². The van der Waals surface area contributed by atoms with E-state index in [9.17, 15) is 19.5 Å². The lowest BCUT2D eigenvalue weighted by Crippen LogP contribution is -2.65. The zero-order valence-corrected chi connectivity index (χ0v) is 29.2. The van der Waals surface area contributed by atoms with Crippen LogP contribution < -0.4 is 5.32 Å². The van der Waals surface area contributed by atoms with Gasteiger partial charge in [0.25, 0.3) is 5.91 Å². The molecule has 2 bridgehead atoms. The molecule has 2 amide bonds. The van der Waals surface area contributed by atoms with E-state index in [4.69, 9.17) is 14.2 Å². The number of benzene rings is 1.